The summed E-state index contributed by atoms with van der Waals surface area (Å²) in [7, 11) is 0. The highest BCUT2D eigenvalue weighted by Crippen LogP contribution is 2.02. The molecule has 0 spiro atoms. The van der Waals surface area contributed by atoms with Crippen LogP contribution in [-0.2, 0) is 14.3 Å². The van der Waals surface area contributed by atoms with Crippen LogP contribution in [0.5, 0.6) is 0 Å². The third kappa shape index (κ3) is 5.51. The Hall–Kier alpha value is -1.12. The summed E-state index contributed by atoms with van der Waals surface area (Å²) in [6, 6.07) is 0. The molecular weight excluding hydrogens is 180 g/mol. The standard InChI is InChI=1S/C11H18O3/c1-4-6-8-10(12)14-11(13)9(3)7-5-2/h7H,4-6,8H2,1-3H3. The smallest absolute Gasteiger partial charge is 0.341 e. The molecule has 3 nitrogen and oxygen atoms in total. The zero-order chi connectivity index (χ0) is 11.0. The average Bonchev–Trinajstić information content (AvgIpc) is 2.15. The zero-order valence-corrected chi connectivity index (χ0v) is 9.13. The van der Waals surface area contributed by atoms with E-state index in [4.69, 9.17) is 0 Å². The molecule has 0 saturated carbocycles. The maximum absolute atomic E-state index is 11.2. The summed E-state index contributed by atoms with van der Waals surface area (Å²) in [5.41, 5.74) is 0.498. The highest BCUT2D eigenvalue weighted by molar-refractivity contribution is 5.95. The topological polar surface area (TPSA) is 43.4 Å². The van der Waals surface area contributed by atoms with Crippen LogP contribution in [0, 0.1) is 0 Å². The molecule has 0 aliphatic rings. The van der Waals surface area contributed by atoms with Crippen LogP contribution >= 0.6 is 0 Å². The fourth-order valence-electron chi connectivity index (χ4n) is 0.946. The molecule has 0 aromatic heterocycles. The number of ether oxygens (including phenoxy) is 1. The van der Waals surface area contributed by atoms with Crippen molar-refractivity contribution < 1.29 is 14.3 Å². The summed E-state index contributed by atoms with van der Waals surface area (Å²) in [6.45, 7) is 5.56. The van der Waals surface area contributed by atoms with Crippen LogP contribution in [0.3, 0.4) is 0 Å². The van der Waals surface area contributed by atoms with E-state index >= 15 is 0 Å². The molecule has 14 heavy (non-hydrogen) atoms. The predicted octanol–water partition coefficient (Wildman–Crippen LogP) is 2.60. The van der Waals surface area contributed by atoms with Gasteiger partial charge in [-0.15, -0.1) is 0 Å². The molecule has 0 aliphatic heterocycles. The van der Waals surface area contributed by atoms with Gasteiger partial charge in [-0.25, -0.2) is 4.79 Å². The van der Waals surface area contributed by atoms with Gasteiger partial charge in [-0.05, 0) is 19.8 Å². The van der Waals surface area contributed by atoms with Gasteiger partial charge < -0.3 is 4.74 Å². The normalized spacial score (nSPS) is 11.2. The van der Waals surface area contributed by atoms with Gasteiger partial charge in [0.05, 0.1) is 0 Å². The minimum Gasteiger partial charge on any atom is -0.390 e. The van der Waals surface area contributed by atoms with Crippen LogP contribution in [0.4, 0.5) is 0 Å². The van der Waals surface area contributed by atoms with E-state index in [2.05, 4.69) is 4.74 Å². The molecule has 0 unspecified atom stereocenters. The summed E-state index contributed by atoms with van der Waals surface area (Å²) in [5, 5.41) is 0. The summed E-state index contributed by atoms with van der Waals surface area (Å²) in [4.78, 5) is 22.2. The highest BCUT2D eigenvalue weighted by atomic mass is 16.6. The summed E-state index contributed by atoms with van der Waals surface area (Å²) in [6.07, 6.45) is 4.52. The average molecular weight is 198 g/mol. The molecule has 0 aromatic rings. The Bertz CT molecular complexity index is 229. The van der Waals surface area contributed by atoms with Crippen molar-refractivity contribution in [3.8, 4) is 0 Å². The number of allylic oxidation sites excluding steroid dienone is 1. The predicted molar refractivity (Wildman–Crippen MR) is 54.7 cm³/mol. The van der Waals surface area contributed by atoms with E-state index < -0.39 is 11.9 Å². The second kappa shape index (κ2) is 7.30. The van der Waals surface area contributed by atoms with Crippen LogP contribution in [0.25, 0.3) is 0 Å². The Morgan fingerprint density at radius 3 is 2.43 bits per heavy atom. The first-order valence-corrected chi connectivity index (χ1v) is 5.03. The Kier molecular flexibility index (Phi) is 6.72. The van der Waals surface area contributed by atoms with Crippen molar-refractivity contribution in [3.05, 3.63) is 11.6 Å². The van der Waals surface area contributed by atoms with Crippen molar-refractivity contribution in [1.29, 1.82) is 0 Å². The number of hydrogen-bond donors (Lipinski definition) is 0. The van der Waals surface area contributed by atoms with Gasteiger partial charge >= 0.3 is 11.9 Å². The third-order valence-corrected chi connectivity index (χ3v) is 1.77. The van der Waals surface area contributed by atoms with Crippen molar-refractivity contribution in [2.45, 2.75) is 46.5 Å². The molecule has 80 valence electrons. The lowest BCUT2D eigenvalue weighted by Gasteiger charge is -2.01. The first kappa shape index (κ1) is 12.9. The minimum absolute atomic E-state index is 0.321. The molecule has 0 fully saturated rings. The van der Waals surface area contributed by atoms with Crippen molar-refractivity contribution in [2.75, 3.05) is 0 Å². The van der Waals surface area contributed by atoms with E-state index in [1.807, 2.05) is 13.8 Å². The van der Waals surface area contributed by atoms with Crippen molar-refractivity contribution in [2.24, 2.45) is 0 Å². The second-order valence-corrected chi connectivity index (χ2v) is 3.16. The van der Waals surface area contributed by atoms with E-state index in [9.17, 15) is 9.59 Å². The molecule has 0 saturated heterocycles. The Morgan fingerprint density at radius 2 is 1.93 bits per heavy atom. The molecular formula is C11H18O3. The van der Waals surface area contributed by atoms with E-state index in [-0.39, 0.29) is 0 Å². The number of hydrogen-bond acceptors (Lipinski definition) is 3. The third-order valence-electron chi connectivity index (χ3n) is 1.77. The van der Waals surface area contributed by atoms with Gasteiger partial charge in [0.2, 0.25) is 0 Å². The van der Waals surface area contributed by atoms with Crippen LogP contribution in [0.1, 0.15) is 46.5 Å². The van der Waals surface area contributed by atoms with Crippen molar-refractivity contribution in [3.63, 3.8) is 0 Å². The molecule has 0 amide bonds. The van der Waals surface area contributed by atoms with Gasteiger partial charge in [-0.3, -0.25) is 4.79 Å². The summed E-state index contributed by atoms with van der Waals surface area (Å²) >= 11 is 0. The van der Waals surface area contributed by atoms with Gasteiger partial charge in [0, 0.05) is 12.0 Å². The number of carbonyl (C=O) groups is 2. The lowest BCUT2D eigenvalue weighted by Crippen LogP contribution is -2.12. The van der Waals surface area contributed by atoms with Crippen LogP contribution < -0.4 is 0 Å². The van der Waals surface area contributed by atoms with Gasteiger partial charge in [0.25, 0.3) is 0 Å². The summed E-state index contributed by atoms with van der Waals surface area (Å²) in [5.74, 6) is -0.950. The molecule has 0 radical (unpaired) electrons. The first-order chi connectivity index (χ1) is 6.61. The van der Waals surface area contributed by atoms with Gasteiger partial charge in [0.1, 0.15) is 0 Å². The molecule has 0 bridgehead atoms. The van der Waals surface area contributed by atoms with E-state index in [1.165, 1.54) is 0 Å². The molecule has 0 aliphatic carbocycles. The Balaban J connectivity index is 3.93. The van der Waals surface area contributed by atoms with Crippen molar-refractivity contribution in [1.82, 2.24) is 0 Å². The molecule has 3 heteroatoms. The van der Waals surface area contributed by atoms with Crippen LogP contribution in [0.15, 0.2) is 11.6 Å². The number of esters is 2. The van der Waals surface area contributed by atoms with Gasteiger partial charge in [-0.2, -0.15) is 0 Å². The summed E-state index contributed by atoms with van der Waals surface area (Å²) < 4.78 is 4.62. The quantitative estimate of drug-likeness (QED) is 0.387. The van der Waals surface area contributed by atoms with Crippen molar-refractivity contribution >= 4 is 11.9 Å². The molecule has 0 rings (SSSR count). The SMILES string of the molecule is CCC=C(C)C(=O)OC(=O)CCCC. The fraction of sp³-hybridized carbons (Fsp3) is 0.636. The monoisotopic (exact) mass is 198 g/mol. The maximum Gasteiger partial charge on any atom is 0.341 e. The molecule has 0 atom stereocenters. The Morgan fingerprint density at radius 1 is 1.29 bits per heavy atom. The van der Waals surface area contributed by atoms with E-state index in [0.29, 0.717) is 12.0 Å². The van der Waals surface area contributed by atoms with E-state index in [0.717, 1.165) is 19.3 Å². The maximum atomic E-state index is 11.2. The highest BCUT2D eigenvalue weighted by Gasteiger charge is 2.10. The fourth-order valence-corrected chi connectivity index (χ4v) is 0.946. The molecule has 0 N–H and O–H groups in total. The lowest BCUT2D eigenvalue weighted by atomic mass is 10.2. The van der Waals surface area contributed by atoms with Crippen LogP contribution in [0.2, 0.25) is 0 Å². The van der Waals surface area contributed by atoms with Crippen LogP contribution in [-0.4, -0.2) is 11.9 Å². The van der Waals surface area contributed by atoms with E-state index in [1.54, 1.807) is 13.0 Å². The molecule has 0 heterocycles. The van der Waals surface area contributed by atoms with Gasteiger partial charge in [-0.1, -0.05) is 26.3 Å². The Labute approximate surface area is 85.1 Å². The number of unbranched alkanes of at least 4 members (excludes halogenated alkanes) is 1. The largest absolute Gasteiger partial charge is 0.390 e. The zero-order valence-electron chi connectivity index (χ0n) is 9.13. The number of carbonyl (C=O) groups excluding carboxylic acids is 2. The lowest BCUT2D eigenvalue weighted by molar-refractivity contribution is -0.156. The number of rotatable bonds is 5. The first-order valence-electron chi connectivity index (χ1n) is 5.03. The minimum atomic E-state index is -0.520. The second-order valence-electron chi connectivity index (χ2n) is 3.16. The molecule has 0 aromatic carbocycles. The van der Waals surface area contributed by atoms with Gasteiger partial charge in [0.15, 0.2) is 0 Å².